The number of aromatic nitrogens is 1. The van der Waals surface area contributed by atoms with Gasteiger partial charge in [-0.05, 0) is 31.4 Å². The van der Waals surface area contributed by atoms with Crippen LogP contribution in [0.25, 0.3) is 10.9 Å². The summed E-state index contributed by atoms with van der Waals surface area (Å²) in [6, 6.07) is 9.20. The minimum absolute atomic E-state index is 0.577. The molecule has 2 rings (SSSR count). The first-order chi connectivity index (χ1) is 8.59. The number of benzene rings is 1. The quantitative estimate of drug-likeness (QED) is 0.850. The van der Waals surface area contributed by atoms with Gasteiger partial charge in [-0.3, -0.25) is 0 Å². The highest BCUT2D eigenvalue weighted by molar-refractivity contribution is 5.83. The lowest BCUT2D eigenvalue weighted by Gasteiger charge is -2.17. The molecule has 1 aromatic carbocycles. The third-order valence-corrected chi connectivity index (χ3v) is 3.81. The van der Waals surface area contributed by atoms with Crippen molar-refractivity contribution in [2.24, 2.45) is 5.92 Å². The molecule has 0 spiro atoms. The van der Waals surface area contributed by atoms with Gasteiger partial charge in [-0.25, -0.2) is 0 Å². The van der Waals surface area contributed by atoms with E-state index in [2.05, 4.69) is 68.0 Å². The molecule has 0 aliphatic heterocycles. The molecule has 0 fully saturated rings. The van der Waals surface area contributed by atoms with Crippen molar-refractivity contribution in [1.82, 2.24) is 9.88 Å². The molecule has 0 saturated heterocycles. The Kier molecular flexibility index (Phi) is 4.07. The van der Waals surface area contributed by atoms with Crippen LogP contribution in [0.3, 0.4) is 0 Å². The van der Waals surface area contributed by atoms with Crippen LogP contribution < -0.4 is 5.32 Å². The molecule has 1 unspecified atom stereocenters. The fraction of sp³-hybridized carbons (Fsp3) is 0.500. The molecule has 1 N–H and O–H groups in total. The number of nitrogens with one attached hydrogen (secondary N) is 1. The maximum Gasteiger partial charge on any atom is 0.0483 e. The summed E-state index contributed by atoms with van der Waals surface area (Å²) in [5.74, 6) is 0.688. The molecule has 0 bridgehead atoms. The summed E-state index contributed by atoms with van der Waals surface area (Å²) in [5.41, 5.74) is 2.71. The van der Waals surface area contributed by atoms with Crippen molar-refractivity contribution in [1.29, 1.82) is 0 Å². The standard InChI is InChI=1S/C16H24N2/c1-12(2)14(4)17-9-10-18-11-13(3)15-7-5-6-8-16(15)18/h5-8,11-12,14,17H,9-10H2,1-4H3. The van der Waals surface area contributed by atoms with Gasteiger partial charge in [0.05, 0.1) is 0 Å². The number of rotatable bonds is 5. The van der Waals surface area contributed by atoms with Crippen LogP contribution in [0, 0.1) is 12.8 Å². The molecule has 0 amide bonds. The van der Waals surface area contributed by atoms with Crippen molar-refractivity contribution in [2.45, 2.75) is 40.3 Å². The van der Waals surface area contributed by atoms with Gasteiger partial charge in [0.1, 0.15) is 0 Å². The predicted molar refractivity (Wildman–Crippen MR) is 79.0 cm³/mol. The molecule has 18 heavy (non-hydrogen) atoms. The van der Waals surface area contributed by atoms with Gasteiger partial charge >= 0.3 is 0 Å². The predicted octanol–water partition coefficient (Wildman–Crippen LogP) is 3.58. The molecular weight excluding hydrogens is 220 g/mol. The third kappa shape index (κ3) is 2.75. The minimum Gasteiger partial charge on any atom is -0.346 e. The first-order valence-corrected chi connectivity index (χ1v) is 6.87. The average Bonchev–Trinajstić information content (AvgIpc) is 2.67. The molecule has 1 atom stereocenters. The smallest absolute Gasteiger partial charge is 0.0483 e. The van der Waals surface area contributed by atoms with Crippen LogP contribution in [-0.4, -0.2) is 17.2 Å². The molecule has 98 valence electrons. The summed E-state index contributed by atoms with van der Waals surface area (Å²) in [7, 11) is 0. The lowest BCUT2D eigenvalue weighted by Crippen LogP contribution is -2.33. The molecule has 1 aromatic heterocycles. The van der Waals surface area contributed by atoms with Crippen molar-refractivity contribution in [3.8, 4) is 0 Å². The number of para-hydroxylation sites is 1. The van der Waals surface area contributed by atoms with E-state index in [1.54, 1.807) is 0 Å². The normalized spacial score (nSPS) is 13.4. The van der Waals surface area contributed by atoms with Gasteiger partial charge in [0.15, 0.2) is 0 Å². The van der Waals surface area contributed by atoms with Crippen LogP contribution in [0.1, 0.15) is 26.3 Å². The van der Waals surface area contributed by atoms with Crippen LogP contribution in [0.4, 0.5) is 0 Å². The Morgan fingerprint density at radius 3 is 2.61 bits per heavy atom. The number of hydrogen-bond acceptors (Lipinski definition) is 1. The summed E-state index contributed by atoms with van der Waals surface area (Å²) in [4.78, 5) is 0. The lowest BCUT2D eigenvalue weighted by molar-refractivity contribution is 0.418. The monoisotopic (exact) mass is 244 g/mol. The Balaban J connectivity index is 2.04. The van der Waals surface area contributed by atoms with E-state index in [1.807, 2.05) is 0 Å². The Labute approximate surface area is 110 Å². The van der Waals surface area contributed by atoms with E-state index < -0.39 is 0 Å². The van der Waals surface area contributed by atoms with Crippen molar-refractivity contribution in [2.75, 3.05) is 6.54 Å². The Morgan fingerprint density at radius 2 is 1.89 bits per heavy atom. The van der Waals surface area contributed by atoms with Gasteiger partial charge < -0.3 is 9.88 Å². The second-order valence-electron chi connectivity index (χ2n) is 5.51. The van der Waals surface area contributed by atoms with Crippen molar-refractivity contribution < 1.29 is 0 Å². The van der Waals surface area contributed by atoms with E-state index >= 15 is 0 Å². The molecule has 1 heterocycles. The number of hydrogen-bond donors (Lipinski definition) is 1. The summed E-state index contributed by atoms with van der Waals surface area (Å²) < 4.78 is 2.35. The van der Waals surface area contributed by atoms with Crippen LogP contribution in [-0.2, 0) is 6.54 Å². The van der Waals surface area contributed by atoms with E-state index in [1.165, 1.54) is 16.5 Å². The zero-order valence-corrected chi connectivity index (χ0v) is 11.9. The number of nitrogens with zero attached hydrogens (tertiary/aromatic N) is 1. The molecule has 2 heteroatoms. The van der Waals surface area contributed by atoms with Gasteiger partial charge in [0.2, 0.25) is 0 Å². The first kappa shape index (κ1) is 13.2. The van der Waals surface area contributed by atoms with Gasteiger partial charge in [0.25, 0.3) is 0 Å². The highest BCUT2D eigenvalue weighted by Crippen LogP contribution is 2.19. The lowest BCUT2D eigenvalue weighted by atomic mass is 10.1. The average molecular weight is 244 g/mol. The molecule has 0 saturated carbocycles. The number of fused-ring (bicyclic) bond motifs is 1. The van der Waals surface area contributed by atoms with E-state index in [-0.39, 0.29) is 0 Å². The van der Waals surface area contributed by atoms with Crippen LogP contribution in [0.2, 0.25) is 0 Å². The summed E-state index contributed by atoms with van der Waals surface area (Å²) in [5, 5.41) is 4.95. The van der Waals surface area contributed by atoms with Gasteiger partial charge in [0, 0.05) is 36.2 Å². The second kappa shape index (κ2) is 5.57. The molecule has 2 aromatic rings. The zero-order valence-electron chi connectivity index (χ0n) is 11.9. The highest BCUT2D eigenvalue weighted by Gasteiger charge is 2.07. The van der Waals surface area contributed by atoms with Gasteiger partial charge in [-0.15, -0.1) is 0 Å². The fourth-order valence-corrected chi connectivity index (χ4v) is 2.26. The summed E-state index contributed by atoms with van der Waals surface area (Å²) >= 11 is 0. The maximum atomic E-state index is 3.58. The minimum atomic E-state index is 0.577. The second-order valence-corrected chi connectivity index (χ2v) is 5.51. The van der Waals surface area contributed by atoms with Crippen molar-refractivity contribution in [3.05, 3.63) is 36.0 Å². The molecule has 0 aliphatic carbocycles. The van der Waals surface area contributed by atoms with E-state index in [4.69, 9.17) is 0 Å². The van der Waals surface area contributed by atoms with Gasteiger partial charge in [-0.1, -0.05) is 32.0 Å². The van der Waals surface area contributed by atoms with E-state index in [0.717, 1.165) is 13.1 Å². The largest absolute Gasteiger partial charge is 0.346 e. The van der Waals surface area contributed by atoms with Crippen molar-refractivity contribution in [3.63, 3.8) is 0 Å². The Hall–Kier alpha value is -1.28. The van der Waals surface area contributed by atoms with E-state index in [0.29, 0.717) is 12.0 Å². The zero-order chi connectivity index (χ0) is 13.1. The molecular formula is C16H24N2. The maximum absolute atomic E-state index is 3.58. The SMILES string of the molecule is Cc1cn(CCNC(C)C(C)C)c2ccccc12. The van der Waals surface area contributed by atoms with Crippen LogP contribution in [0.15, 0.2) is 30.5 Å². The molecule has 0 radical (unpaired) electrons. The Bertz CT molecular complexity index is 511. The molecule has 0 aliphatic rings. The van der Waals surface area contributed by atoms with Crippen LogP contribution in [0.5, 0.6) is 0 Å². The summed E-state index contributed by atoms with van der Waals surface area (Å²) in [6.07, 6.45) is 2.26. The Morgan fingerprint density at radius 1 is 1.17 bits per heavy atom. The van der Waals surface area contributed by atoms with Crippen LogP contribution >= 0.6 is 0 Å². The third-order valence-electron chi connectivity index (χ3n) is 3.81. The first-order valence-electron chi connectivity index (χ1n) is 6.87. The fourth-order valence-electron chi connectivity index (χ4n) is 2.26. The topological polar surface area (TPSA) is 17.0 Å². The van der Waals surface area contributed by atoms with E-state index in [9.17, 15) is 0 Å². The highest BCUT2D eigenvalue weighted by atomic mass is 15.0. The summed E-state index contributed by atoms with van der Waals surface area (Å²) in [6.45, 7) is 11.0. The van der Waals surface area contributed by atoms with Gasteiger partial charge in [-0.2, -0.15) is 0 Å². The number of aryl methyl sites for hydroxylation is 1. The van der Waals surface area contributed by atoms with Crippen molar-refractivity contribution >= 4 is 10.9 Å². The molecule has 2 nitrogen and oxygen atoms in total.